The van der Waals surface area contributed by atoms with E-state index < -0.39 is 0 Å². The molecule has 9 heteroatoms. The Morgan fingerprint density at radius 3 is 2.37 bits per heavy atom. The van der Waals surface area contributed by atoms with E-state index in [1.807, 2.05) is 40.1 Å². The van der Waals surface area contributed by atoms with Gasteiger partial charge in [-0.3, -0.25) is 4.79 Å². The molecule has 2 aromatic carbocycles. The SMILES string of the molecule is COCCCOc1cc(C(=O)N(C[C@@H]2CNC[C@@H]2CN(C(=O)NCc2ccccc2)C2CC2)C(C)C)ccc1OC. The van der Waals surface area contributed by atoms with Crippen LogP contribution in [0, 0.1) is 11.8 Å². The summed E-state index contributed by atoms with van der Waals surface area (Å²) in [6, 6.07) is 15.7. The van der Waals surface area contributed by atoms with Gasteiger partial charge in [0.2, 0.25) is 0 Å². The van der Waals surface area contributed by atoms with Crippen molar-refractivity contribution in [1.29, 1.82) is 0 Å². The monoisotopic (exact) mass is 566 g/mol. The van der Waals surface area contributed by atoms with Gasteiger partial charge in [0.05, 0.1) is 13.7 Å². The number of benzene rings is 2. The first-order chi connectivity index (χ1) is 19.9. The minimum Gasteiger partial charge on any atom is -0.493 e. The molecule has 2 aliphatic rings. The second-order valence-electron chi connectivity index (χ2n) is 11.3. The quantitative estimate of drug-likeness (QED) is 0.315. The zero-order valence-electron chi connectivity index (χ0n) is 24.9. The van der Waals surface area contributed by atoms with Gasteiger partial charge in [0.25, 0.3) is 5.91 Å². The number of amides is 3. The van der Waals surface area contributed by atoms with Gasteiger partial charge in [0.1, 0.15) is 0 Å². The summed E-state index contributed by atoms with van der Waals surface area (Å²) < 4.78 is 16.5. The Morgan fingerprint density at radius 2 is 1.71 bits per heavy atom. The molecule has 0 unspecified atom stereocenters. The molecule has 2 N–H and O–H groups in total. The number of carbonyl (C=O) groups is 2. The third kappa shape index (κ3) is 8.60. The molecule has 1 aliphatic heterocycles. The van der Waals surface area contributed by atoms with Gasteiger partial charge < -0.3 is 34.6 Å². The molecular weight excluding hydrogens is 520 g/mol. The Balaban J connectivity index is 1.40. The van der Waals surface area contributed by atoms with E-state index in [2.05, 4.69) is 24.5 Å². The molecule has 1 heterocycles. The molecule has 3 amide bonds. The van der Waals surface area contributed by atoms with Crippen LogP contribution in [-0.4, -0.2) is 87.4 Å². The normalized spacial score (nSPS) is 18.3. The van der Waals surface area contributed by atoms with Crippen LogP contribution in [0.15, 0.2) is 48.5 Å². The topological polar surface area (TPSA) is 92.4 Å². The van der Waals surface area contributed by atoms with Crippen LogP contribution >= 0.6 is 0 Å². The van der Waals surface area contributed by atoms with E-state index in [0.717, 1.165) is 37.9 Å². The summed E-state index contributed by atoms with van der Waals surface area (Å²) in [4.78, 5) is 31.0. The zero-order valence-corrected chi connectivity index (χ0v) is 24.9. The molecule has 1 saturated carbocycles. The van der Waals surface area contributed by atoms with E-state index in [1.165, 1.54) is 0 Å². The maximum absolute atomic E-state index is 13.8. The molecule has 0 bridgehead atoms. The summed E-state index contributed by atoms with van der Waals surface area (Å²) in [5.74, 6) is 1.63. The fourth-order valence-corrected chi connectivity index (χ4v) is 5.38. The summed E-state index contributed by atoms with van der Waals surface area (Å²) >= 11 is 0. The van der Waals surface area contributed by atoms with E-state index in [0.29, 0.717) is 56.0 Å². The summed E-state index contributed by atoms with van der Waals surface area (Å²) in [6.07, 6.45) is 2.84. The molecule has 0 aromatic heterocycles. The molecule has 0 radical (unpaired) electrons. The zero-order chi connectivity index (χ0) is 29.2. The Labute approximate surface area is 244 Å². The van der Waals surface area contributed by atoms with Gasteiger partial charge in [0, 0.05) is 70.5 Å². The fraction of sp³-hybridized carbons (Fsp3) is 0.562. The predicted molar refractivity (Wildman–Crippen MR) is 159 cm³/mol. The second-order valence-corrected chi connectivity index (χ2v) is 11.3. The number of ether oxygens (including phenoxy) is 3. The number of nitrogens with zero attached hydrogens (tertiary/aromatic N) is 2. The number of nitrogens with one attached hydrogen (secondary N) is 2. The van der Waals surface area contributed by atoms with Crippen LogP contribution < -0.4 is 20.1 Å². The van der Waals surface area contributed by atoms with E-state index in [1.54, 1.807) is 32.4 Å². The van der Waals surface area contributed by atoms with E-state index in [9.17, 15) is 9.59 Å². The van der Waals surface area contributed by atoms with Crippen molar-refractivity contribution < 1.29 is 23.8 Å². The van der Waals surface area contributed by atoms with Crippen molar-refractivity contribution in [2.45, 2.75) is 51.7 Å². The van der Waals surface area contributed by atoms with Gasteiger partial charge in [-0.15, -0.1) is 0 Å². The van der Waals surface area contributed by atoms with Crippen LogP contribution in [0.1, 0.15) is 49.0 Å². The van der Waals surface area contributed by atoms with Crippen molar-refractivity contribution in [3.63, 3.8) is 0 Å². The smallest absolute Gasteiger partial charge is 0.317 e. The average molecular weight is 567 g/mol. The standard InChI is InChI=1S/C32H46N4O5/c1-23(2)35(31(37)25-11-14-29(40-4)30(17-25)41-16-8-15-39-3)21-26-19-33-20-27(26)22-36(28-12-13-28)32(38)34-18-24-9-6-5-7-10-24/h5-7,9-11,14,17,23,26-28,33H,8,12-13,15-16,18-22H2,1-4H3,(H,34,38)/t26-,27+/m0/s1. The minimum atomic E-state index is -0.0327. The van der Waals surface area contributed by atoms with Gasteiger partial charge in [-0.2, -0.15) is 0 Å². The minimum absolute atomic E-state index is 0.00458. The molecule has 224 valence electrons. The summed E-state index contributed by atoms with van der Waals surface area (Å²) in [5.41, 5.74) is 1.66. The van der Waals surface area contributed by atoms with Crippen molar-refractivity contribution in [3.8, 4) is 11.5 Å². The number of hydrogen-bond donors (Lipinski definition) is 2. The Hall–Kier alpha value is -3.30. The van der Waals surface area contributed by atoms with Crippen LogP contribution in [0.3, 0.4) is 0 Å². The van der Waals surface area contributed by atoms with Gasteiger partial charge in [-0.05, 0) is 62.3 Å². The average Bonchev–Trinajstić information content (AvgIpc) is 3.74. The van der Waals surface area contributed by atoms with Crippen molar-refractivity contribution >= 4 is 11.9 Å². The van der Waals surface area contributed by atoms with Crippen LogP contribution in [0.25, 0.3) is 0 Å². The molecule has 0 spiro atoms. The van der Waals surface area contributed by atoms with E-state index >= 15 is 0 Å². The molecule has 4 rings (SSSR count). The van der Waals surface area contributed by atoms with Crippen molar-refractivity contribution in [3.05, 3.63) is 59.7 Å². The summed E-state index contributed by atoms with van der Waals surface area (Å²) in [6.45, 7) is 8.66. The summed E-state index contributed by atoms with van der Waals surface area (Å²) in [7, 11) is 3.26. The highest BCUT2D eigenvalue weighted by Crippen LogP contribution is 2.32. The molecule has 41 heavy (non-hydrogen) atoms. The van der Waals surface area contributed by atoms with Crippen LogP contribution in [0.5, 0.6) is 11.5 Å². The molecule has 1 saturated heterocycles. The molecule has 1 aliphatic carbocycles. The van der Waals surface area contributed by atoms with Crippen molar-refractivity contribution in [1.82, 2.24) is 20.4 Å². The highest BCUT2D eigenvalue weighted by atomic mass is 16.5. The lowest BCUT2D eigenvalue weighted by molar-refractivity contribution is 0.0652. The third-order valence-corrected chi connectivity index (χ3v) is 7.92. The highest BCUT2D eigenvalue weighted by molar-refractivity contribution is 5.95. The van der Waals surface area contributed by atoms with Gasteiger partial charge in [0.15, 0.2) is 11.5 Å². The first kappa shape index (κ1) is 30.7. The Morgan fingerprint density at radius 1 is 0.976 bits per heavy atom. The Kier molecular flexibility index (Phi) is 11.3. The van der Waals surface area contributed by atoms with Crippen LogP contribution in [0.2, 0.25) is 0 Å². The van der Waals surface area contributed by atoms with Gasteiger partial charge >= 0.3 is 6.03 Å². The predicted octanol–water partition coefficient (Wildman–Crippen LogP) is 4.17. The molecule has 2 aromatic rings. The summed E-state index contributed by atoms with van der Waals surface area (Å²) in [5, 5.41) is 6.64. The first-order valence-corrected chi connectivity index (χ1v) is 14.8. The molecular formula is C32H46N4O5. The van der Waals surface area contributed by atoms with Crippen LogP contribution in [-0.2, 0) is 11.3 Å². The maximum Gasteiger partial charge on any atom is 0.317 e. The first-order valence-electron chi connectivity index (χ1n) is 14.8. The molecule has 2 fully saturated rings. The number of urea groups is 1. The fourth-order valence-electron chi connectivity index (χ4n) is 5.38. The van der Waals surface area contributed by atoms with Crippen molar-refractivity contribution in [2.24, 2.45) is 11.8 Å². The van der Waals surface area contributed by atoms with E-state index in [4.69, 9.17) is 14.2 Å². The molecule has 9 nitrogen and oxygen atoms in total. The number of hydrogen-bond acceptors (Lipinski definition) is 6. The van der Waals surface area contributed by atoms with Crippen LogP contribution in [0.4, 0.5) is 4.79 Å². The third-order valence-electron chi connectivity index (χ3n) is 7.92. The second kappa shape index (κ2) is 15.1. The lowest BCUT2D eigenvalue weighted by atomic mass is 9.94. The molecule has 2 atom stereocenters. The maximum atomic E-state index is 13.8. The Bertz CT molecular complexity index is 1120. The number of methoxy groups -OCH3 is 2. The lowest BCUT2D eigenvalue weighted by Crippen LogP contribution is -2.47. The number of carbonyl (C=O) groups excluding carboxylic acids is 2. The largest absolute Gasteiger partial charge is 0.493 e. The lowest BCUT2D eigenvalue weighted by Gasteiger charge is -2.33. The van der Waals surface area contributed by atoms with Crippen molar-refractivity contribution in [2.75, 3.05) is 53.6 Å². The van der Waals surface area contributed by atoms with E-state index in [-0.39, 0.29) is 29.8 Å². The number of rotatable bonds is 15. The van der Waals surface area contributed by atoms with Gasteiger partial charge in [-0.25, -0.2) is 4.79 Å². The van der Waals surface area contributed by atoms with Gasteiger partial charge in [-0.1, -0.05) is 30.3 Å². The highest BCUT2D eigenvalue weighted by Gasteiger charge is 2.38.